The van der Waals surface area contributed by atoms with Gasteiger partial charge in [0.05, 0.1) is 12.0 Å². The van der Waals surface area contributed by atoms with Crippen molar-refractivity contribution in [2.75, 3.05) is 7.05 Å². The molecule has 0 saturated carbocycles. The third-order valence-electron chi connectivity index (χ3n) is 4.34. The van der Waals surface area contributed by atoms with Gasteiger partial charge in [-0.2, -0.15) is 0 Å². The molecular weight excluding hydrogens is 302 g/mol. The molecule has 1 aromatic heterocycles. The first-order valence-electron chi connectivity index (χ1n) is 8.06. The molecule has 3 N–H and O–H groups in total. The summed E-state index contributed by atoms with van der Waals surface area (Å²) in [4.78, 5) is 18.9. The summed E-state index contributed by atoms with van der Waals surface area (Å²) in [6.45, 7) is 2.04. The molecule has 0 fully saturated rings. The van der Waals surface area contributed by atoms with Gasteiger partial charge in [-0.3, -0.25) is 4.79 Å². The molecule has 0 aliphatic heterocycles. The molecule has 0 radical (unpaired) electrons. The van der Waals surface area contributed by atoms with Crippen molar-refractivity contribution in [3.05, 3.63) is 65.7 Å². The van der Waals surface area contributed by atoms with Gasteiger partial charge in [0.25, 0.3) is 5.91 Å². The molecule has 3 aromatic rings. The van der Waals surface area contributed by atoms with Crippen LogP contribution in [0.5, 0.6) is 0 Å². The van der Waals surface area contributed by atoms with Crippen LogP contribution in [-0.4, -0.2) is 28.0 Å². The second-order valence-electron chi connectivity index (χ2n) is 5.92. The average molecular weight is 323 g/mol. The molecule has 1 heterocycles. The Morgan fingerprint density at radius 2 is 2.00 bits per heavy atom. The van der Waals surface area contributed by atoms with E-state index in [2.05, 4.69) is 15.3 Å². The second kappa shape index (κ2) is 6.45. The number of aromatic nitrogens is 2. The van der Waals surface area contributed by atoms with Crippen molar-refractivity contribution >= 4 is 16.7 Å². The summed E-state index contributed by atoms with van der Waals surface area (Å²) in [5.41, 5.74) is 0.916. The minimum absolute atomic E-state index is 0.111. The fourth-order valence-electron chi connectivity index (χ4n) is 3.06. The van der Waals surface area contributed by atoms with E-state index in [0.717, 1.165) is 22.8 Å². The maximum Gasteiger partial charge on any atom is 0.251 e. The number of carbonyl (C=O) groups excluding carboxylic acids is 1. The van der Waals surface area contributed by atoms with Crippen LogP contribution in [0.2, 0.25) is 0 Å². The Kier molecular flexibility index (Phi) is 4.36. The van der Waals surface area contributed by atoms with E-state index >= 15 is 0 Å². The van der Waals surface area contributed by atoms with E-state index in [4.69, 9.17) is 0 Å². The molecule has 1 unspecified atom stereocenters. The Morgan fingerprint density at radius 1 is 1.25 bits per heavy atom. The molecule has 0 spiro atoms. The molecule has 5 nitrogen and oxygen atoms in total. The Morgan fingerprint density at radius 3 is 2.67 bits per heavy atom. The number of carbonyl (C=O) groups is 1. The molecule has 1 amide bonds. The zero-order valence-electron chi connectivity index (χ0n) is 13.8. The lowest BCUT2D eigenvalue weighted by Gasteiger charge is -2.27. The smallest absolute Gasteiger partial charge is 0.251 e. The first kappa shape index (κ1) is 16.2. The van der Waals surface area contributed by atoms with E-state index in [1.165, 1.54) is 0 Å². The molecule has 1 atom stereocenters. The fourth-order valence-corrected chi connectivity index (χ4v) is 3.06. The fraction of sp³-hybridized carbons (Fsp3) is 0.263. The summed E-state index contributed by atoms with van der Waals surface area (Å²) in [6.07, 6.45) is 4.72. The number of rotatable bonds is 5. The Hall–Kier alpha value is -2.66. The van der Waals surface area contributed by atoms with Crippen LogP contribution in [0.1, 0.15) is 41.4 Å². The number of nitrogens with one attached hydrogen (secondary N) is 2. The molecule has 24 heavy (non-hydrogen) atoms. The lowest BCUT2D eigenvalue weighted by Crippen LogP contribution is -2.27. The van der Waals surface area contributed by atoms with Crippen molar-refractivity contribution in [1.82, 2.24) is 15.3 Å². The monoisotopic (exact) mass is 323 g/mol. The molecular formula is C19H21N3O2. The van der Waals surface area contributed by atoms with Gasteiger partial charge < -0.3 is 15.4 Å². The van der Waals surface area contributed by atoms with Crippen LogP contribution in [0.3, 0.4) is 0 Å². The van der Waals surface area contributed by atoms with Gasteiger partial charge in [-0.05, 0) is 41.0 Å². The minimum atomic E-state index is -1.12. The van der Waals surface area contributed by atoms with Gasteiger partial charge in [-0.1, -0.05) is 31.5 Å². The highest BCUT2D eigenvalue weighted by molar-refractivity contribution is 5.98. The standard InChI is InChI=1S/C19H21N3O2/c1-3-8-19(24,17-11-21-12-22-17)16-7-6-13-9-15(18(23)20-2)5-4-14(13)10-16/h4-7,9-12,24H,3,8H2,1-2H3,(H,20,23)(H,21,22). The van der Waals surface area contributed by atoms with Crippen LogP contribution in [0.25, 0.3) is 10.8 Å². The van der Waals surface area contributed by atoms with Crippen molar-refractivity contribution < 1.29 is 9.90 Å². The van der Waals surface area contributed by atoms with Gasteiger partial charge >= 0.3 is 0 Å². The summed E-state index contributed by atoms with van der Waals surface area (Å²) >= 11 is 0. The maximum absolute atomic E-state index is 11.8. The number of aliphatic hydroxyl groups is 1. The minimum Gasteiger partial charge on any atom is -0.379 e. The number of hydrogen-bond acceptors (Lipinski definition) is 3. The predicted octanol–water partition coefficient (Wildman–Crippen LogP) is 2.96. The summed E-state index contributed by atoms with van der Waals surface area (Å²) in [7, 11) is 1.62. The SMILES string of the molecule is CCCC(O)(c1ccc2cc(C(=O)NC)ccc2c1)c1c[nH]cn1. The highest BCUT2D eigenvalue weighted by Gasteiger charge is 2.32. The van der Waals surface area contributed by atoms with Crippen LogP contribution in [0.4, 0.5) is 0 Å². The van der Waals surface area contributed by atoms with Crippen LogP contribution in [-0.2, 0) is 5.60 Å². The normalized spacial score (nSPS) is 13.6. The molecule has 124 valence electrons. The van der Waals surface area contributed by atoms with Crippen LogP contribution in [0, 0.1) is 0 Å². The largest absolute Gasteiger partial charge is 0.379 e. The van der Waals surface area contributed by atoms with Crippen LogP contribution in [0.15, 0.2) is 48.9 Å². The summed E-state index contributed by atoms with van der Waals surface area (Å²) < 4.78 is 0. The summed E-state index contributed by atoms with van der Waals surface area (Å²) in [5.74, 6) is -0.111. The lowest BCUT2D eigenvalue weighted by atomic mass is 9.85. The second-order valence-corrected chi connectivity index (χ2v) is 5.92. The van der Waals surface area contributed by atoms with E-state index in [0.29, 0.717) is 17.7 Å². The number of amides is 1. The zero-order chi connectivity index (χ0) is 17.2. The number of benzene rings is 2. The maximum atomic E-state index is 11.8. The number of imidazole rings is 1. The van der Waals surface area contributed by atoms with Crippen molar-refractivity contribution in [3.8, 4) is 0 Å². The molecule has 2 aromatic carbocycles. The van der Waals surface area contributed by atoms with Crippen molar-refractivity contribution in [2.45, 2.75) is 25.4 Å². The molecule has 0 saturated heterocycles. The quantitative estimate of drug-likeness (QED) is 0.675. The van der Waals surface area contributed by atoms with Gasteiger partial charge in [0.2, 0.25) is 0 Å². The number of hydrogen-bond donors (Lipinski definition) is 3. The highest BCUT2D eigenvalue weighted by atomic mass is 16.3. The summed E-state index contributed by atoms with van der Waals surface area (Å²) in [5, 5.41) is 15.8. The molecule has 3 rings (SSSR count). The predicted molar refractivity (Wildman–Crippen MR) is 93.8 cm³/mol. The third-order valence-corrected chi connectivity index (χ3v) is 4.34. The number of H-pyrrole nitrogens is 1. The Bertz CT molecular complexity index is 858. The van der Waals surface area contributed by atoms with E-state index in [1.807, 2.05) is 37.3 Å². The lowest BCUT2D eigenvalue weighted by molar-refractivity contribution is 0.0662. The van der Waals surface area contributed by atoms with Crippen LogP contribution < -0.4 is 5.32 Å². The molecule has 0 aliphatic carbocycles. The molecule has 0 bridgehead atoms. The molecule has 5 heteroatoms. The molecule has 0 aliphatic rings. The van der Waals surface area contributed by atoms with E-state index in [9.17, 15) is 9.90 Å². The summed E-state index contributed by atoms with van der Waals surface area (Å²) in [6, 6.07) is 11.3. The van der Waals surface area contributed by atoms with Gasteiger partial charge in [-0.15, -0.1) is 0 Å². The zero-order valence-corrected chi connectivity index (χ0v) is 13.8. The van der Waals surface area contributed by atoms with Crippen LogP contribution >= 0.6 is 0 Å². The van der Waals surface area contributed by atoms with Crippen molar-refractivity contribution in [3.63, 3.8) is 0 Å². The van der Waals surface area contributed by atoms with E-state index in [-0.39, 0.29) is 5.91 Å². The van der Waals surface area contributed by atoms with E-state index < -0.39 is 5.60 Å². The van der Waals surface area contributed by atoms with Crippen molar-refractivity contribution in [1.29, 1.82) is 0 Å². The average Bonchev–Trinajstić information content (AvgIpc) is 3.15. The number of fused-ring (bicyclic) bond motifs is 1. The first-order valence-corrected chi connectivity index (χ1v) is 8.06. The van der Waals surface area contributed by atoms with Crippen molar-refractivity contribution in [2.24, 2.45) is 0 Å². The Balaban J connectivity index is 2.07. The van der Waals surface area contributed by atoms with Gasteiger partial charge in [0, 0.05) is 18.8 Å². The van der Waals surface area contributed by atoms with Gasteiger partial charge in [0.15, 0.2) is 0 Å². The first-order chi connectivity index (χ1) is 11.6. The number of aromatic amines is 1. The van der Waals surface area contributed by atoms with E-state index in [1.54, 1.807) is 25.6 Å². The number of nitrogens with zero attached hydrogens (tertiary/aromatic N) is 1. The Labute approximate surface area is 140 Å². The van der Waals surface area contributed by atoms with Gasteiger partial charge in [-0.25, -0.2) is 4.98 Å². The third kappa shape index (κ3) is 2.78. The highest BCUT2D eigenvalue weighted by Crippen LogP contribution is 2.34. The van der Waals surface area contributed by atoms with Gasteiger partial charge in [0.1, 0.15) is 5.60 Å². The topological polar surface area (TPSA) is 78.0 Å².